The van der Waals surface area contributed by atoms with E-state index < -0.39 is 0 Å². The lowest BCUT2D eigenvalue weighted by Crippen LogP contribution is -2.44. The number of fused-ring (bicyclic) bond motifs is 1. The predicted octanol–water partition coefficient (Wildman–Crippen LogP) is 4.67. The van der Waals surface area contributed by atoms with Crippen molar-refractivity contribution in [1.29, 1.82) is 0 Å². The Morgan fingerprint density at radius 2 is 1.74 bits per heavy atom. The number of aromatic nitrogens is 3. The summed E-state index contributed by atoms with van der Waals surface area (Å²) in [5, 5.41) is 8.37. The van der Waals surface area contributed by atoms with Crippen LogP contribution >= 0.6 is 0 Å². The van der Waals surface area contributed by atoms with Gasteiger partial charge in [0.1, 0.15) is 0 Å². The molecule has 0 bridgehead atoms. The third kappa shape index (κ3) is 5.47. The number of hydrogen-bond acceptors (Lipinski definition) is 5. The van der Waals surface area contributed by atoms with Gasteiger partial charge in [-0.25, -0.2) is 9.67 Å². The van der Waals surface area contributed by atoms with Gasteiger partial charge < -0.3 is 10.1 Å². The van der Waals surface area contributed by atoms with Gasteiger partial charge in [0, 0.05) is 37.9 Å². The van der Waals surface area contributed by atoms with Crippen LogP contribution in [0.2, 0.25) is 0 Å². The quantitative estimate of drug-likeness (QED) is 0.551. The minimum Gasteiger partial charge on any atom is -0.373 e. The van der Waals surface area contributed by atoms with Crippen molar-refractivity contribution < 1.29 is 9.53 Å². The highest BCUT2D eigenvalue weighted by atomic mass is 16.5. The van der Waals surface area contributed by atoms with Gasteiger partial charge in [0.25, 0.3) is 5.91 Å². The molecule has 7 heteroatoms. The fraction of sp³-hybridized carbons (Fsp3) is 0.519. The number of amides is 1. The number of ether oxygens (including phenoxy) is 1. The summed E-state index contributed by atoms with van der Waals surface area (Å²) >= 11 is 0. The van der Waals surface area contributed by atoms with Crippen molar-refractivity contribution in [2.24, 2.45) is 0 Å². The highest BCUT2D eigenvalue weighted by Gasteiger charge is 2.22. The van der Waals surface area contributed by atoms with Crippen LogP contribution in [0, 0.1) is 0 Å². The van der Waals surface area contributed by atoms with Crippen LogP contribution in [0.1, 0.15) is 80.7 Å². The molecule has 1 aliphatic heterocycles. The molecule has 1 saturated heterocycles. The van der Waals surface area contributed by atoms with E-state index in [4.69, 9.17) is 9.72 Å². The maximum Gasteiger partial charge on any atom is 0.252 e. The van der Waals surface area contributed by atoms with Crippen molar-refractivity contribution in [3.05, 3.63) is 58.9 Å². The zero-order valence-electron chi connectivity index (χ0n) is 21.2. The summed E-state index contributed by atoms with van der Waals surface area (Å²) in [4.78, 5) is 20.4. The van der Waals surface area contributed by atoms with Crippen molar-refractivity contribution in [2.45, 2.75) is 78.8 Å². The number of carbonyl (C=O) groups is 1. The van der Waals surface area contributed by atoms with Crippen LogP contribution in [0.15, 0.2) is 36.5 Å². The second-order valence-electron chi connectivity index (χ2n) is 10.1. The van der Waals surface area contributed by atoms with E-state index in [0.717, 1.165) is 41.9 Å². The number of nitrogens with zero attached hydrogens (tertiary/aromatic N) is 4. The van der Waals surface area contributed by atoms with E-state index in [1.54, 1.807) is 6.20 Å². The Labute approximate surface area is 202 Å². The van der Waals surface area contributed by atoms with Gasteiger partial charge in [-0.2, -0.15) is 5.10 Å². The fourth-order valence-electron chi connectivity index (χ4n) is 4.61. The third-order valence-corrected chi connectivity index (χ3v) is 6.29. The van der Waals surface area contributed by atoms with Gasteiger partial charge in [-0.3, -0.25) is 9.69 Å². The smallest absolute Gasteiger partial charge is 0.252 e. The lowest BCUT2D eigenvalue weighted by atomic mass is 10.0. The Bertz CT molecular complexity index is 1130. The van der Waals surface area contributed by atoms with Gasteiger partial charge >= 0.3 is 0 Å². The van der Waals surface area contributed by atoms with Crippen LogP contribution in [0.4, 0.5) is 0 Å². The molecule has 0 aliphatic carbocycles. The topological polar surface area (TPSA) is 72.3 Å². The summed E-state index contributed by atoms with van der Waals surface area (Å²) in [5.74, 6) is 0.120. The van der Waals surface area contributed by atoms with Gasteiger partial charge in [-0.15, -0.1) is 0 Å². The average Bonchev–Trinajstić information content (AvgIpc) is 3.21. The molecule has 1 aromatic carbocycles. The summed E-state index contributed by atoms with van der Waals surface area (Å²) in [6.45, 7) is 15.9. The van der Waals surface area contributed by atoms with Crippen molar-refractivity contribution in [1.82, 2.24) is 25.0 Å². The van der Waals surface area contributed by atoms with Crippen molar-refractivity contribution in [3.63, 3.8) is 0 Å². The highest BCUT2D eigenvalue weighted by molar-refractivity contribution is 6.05. The third-order valence-electron chi connectivity index (χ3n) is 6.29. The summed E-state index contributed by atoms with van der Waals surface area (Å²) in [6.07, 6.45) is 2.28. The summed E-state index contributed by atoms with van der Waals surface area (Å²) in [6, 6.07) is 10.6. The number of carbonyl (C=O) groups excluding carboxylic acids is 1. The summed E-state index contributed by atoms with van der Waals surface area (Å²) < 4.78 is 7.71. The second-order valence-corrected chi connectivity index (χ2v) is 10.1. The molecule has 1 amide bonds. The second kappa shape index (κ2) is 10.2. The van der Waals surface area contributed by atoms with Crippen molar-refractivity contribution >= 4 is 16.9 Å². The monoisotopic (exact) mass is 463 g/mol. The number of nitrogens with one attached hydrogen (secondary N) is 1. The van der Waals surface area contributed by atoms with Gasteiger partial charge in [-0.1, -0.05) is 38.1 Å². The summed E-state index contributed by atoms with van der Waals surface area (Å²) in [5.41, 5.74) is 4.65. The molecular weight excluding hydrogens is 426 g/mol. The minimum absolute atomic E-state index is 0.0991. The Balaban J connectivity index is 1.44. The van der Waals surface area contributed by atoms with Crippen LogP contribution < -0.4 is 5.32 Å². The van der Waals surface area contributed by atoms with Gasteiger partial charge in [0.15, 0.2) is 5.65 Å². The minimum atomic E-state index is -0.0991. The van der Waals surface area contributed by atoms with E-state index in [9.17, 15) is 4.79 Å². The first-order valence-electron chi connectivity index (χ1n) is 12.3. The molecule has 182 valence electrons. The maximum absolute atomic E-state index is 13.2. The van der Waals surface area contributed by atoms with Crippen LogP contribution in [0.25, 0.3) is 11.0 Å². The Morgan fingerprint density at radius 3 is 2.35 bits per heavy atom. The van der Waals surface area contributed by atoms with E-state index in [1.807, 2.05) is 10.7 Å². The Hall–Kier alpha value is -2.77. The molecule has 1 aliphatic rings. The number of hydrogen-bond donors (Lipinski definition) is 1. The molecule has 2 atom stereocenters. The molecule has 7 nitrogen and oxygen atoms in total. The van der Waals surface area contributed by atoms with Gasteiger partial charge in [-0.05, 0) is 50.8 Å². The predicted molar refractivity (Wildman–Crippen MR) is 135 cm³/mol. The molecule has 4 rings (SSSR count). The van der Waals surface area contributed by atoms with Crippen LogP contribution in [-0.2, 0) is 17.8 Å². The first kappa shape index (κ1) is 24.4. The number of pyridine rings is 1. The van der Waals surface area contributed by atoms with E-state index in [1.165, 1.54) is 5.56 Å². The van der Waals surface area contributed by atoms with Crippen LogP contribution in [0.3, 0.4) is 0 Å². The van der Waals surface area contributed by atoms with Crippen molar-refractivity contribution in [3.8, 4) is 0 Å². The zero-order valence-corrected chi connectivity index (χ0v) is 21.2. The van der Waals surface area contributed by atoms with E-state index >= 15 is 0 Å². The molecule has 0 radical (unpaired) electrons. The van der Waals surface area contributed by atoms with Crippen LogP contribution in [-0.4, -0.2) is 50.9 Å². The molecule has 2 unspecified atom stereocenters. The first-order valence-corrected chi connectivity index (χ1v) is 12.3. The van der Waals surface area contributed by atoms with Crippen molar-refractivity contribution in [2.75, 3.05) is 13.1 Å². The van der Waals surface area contributed by atoms with Gasteiger partial charge in [0.2, 0.25) is 0 Å². The normalized spacial score (nSPS) is 19.3. The number of morpholine rings is 1. The Kier molecular flexibility index (Phi) is 7.33. The molecular formula is C27H37N5O2. The molecule has 2 aromatic heterocycles. The van der Waals surface area contributed by atoms with Crippen LogP contribution in [0.5, 0.6) is 0 Å². The molecule has 3 heterocycles. The highest BCUT2D eigenvalue weighted by Crippen LogP contribution is 2.24. The van der Waals surface area contributed by atoms with E-state index in [-0.39, 0.29) is 30.1 Å². The van der Waals surface area contributed by atoms with E-state index in [2.05, 4.69) is 81.1 Å². The maximum atomic E-state index is 13.2. The summed E-state index contributed by atoms with van der Waals surface area (Å²) in [7, 11) is 0. The SMILES string of the molecule is CC1CN(Cc2ccc(CNC(=O)c3cc(C(C)C)nc4c3cnn4C(C)C)cc2)CC(C)O1. The van der Waals surface area contributed by atoms with Gasteiger partial charge in [0.05, 0.1) is 29.4 Å². The molecule has 34 heavy (non-hydrogen) atoms. The molecule has 1 fully saturated rings. The van der Waals surface area contributed by atoms with E-state index in [0.29, 0.717) is 12.1 Å². The Morgan fingerprint density at radius 1 is 1.09 bits per heavy atom. The largest absolute Gasteiger partial charge is 0.373 e. The lowest BCUT2D eigenvalue weighted by Gasteiger charge is -2.35. The number of benzene rings is 1. The molecule has 3 aromatic rings. The molecule has 0 saturated carbocycles. The zero-order chi connectivity index (χ0) is 24.4. The number of rotatable bonds is 7. The molecule has 1 N–H and O–H groups in total. The first-order chi connectivity index (χ1) is 16.2. The fourth-order valence-corrected chi connectivity index (χ4v) is 4.61. The molecule has 0 spiro atoms. The standard InChI is InChI=1S/C27H37N5O2/c1-17(2)25-11-23(24-13-29-32(18(3)4)26(24)30-25)27(33)28-12-21-7-9-22(10-8-21)16-31-14-19(5)34-20(6)15-31/h7-11,13,17-20H,12,14-16H2,1-6H3,(H,28,33). The average molecular weight is 464 g/mol. The lowest BCUT2D eigenvalue weighted by molar-refractivity contribution is -0.0704.